The lowest BCUT2D eigenvalue weighted by Gasteiger charge is -2.34. The van der Waals surface area contributed by atoms with E-state index in [-0.39, 0.29) is 23.6 Å². The van der Waals surface area contributed by atoms with E-state index >= 15 is 0 Å². The number of sulfone groups is 1. The zero-order chi connectivity index (χ0) is 19.2. The van der Waals surface area contributed by atoms with E-state index in [0.717, 1.165) is 31.5 Å². The molecular weight excluding hydrogens is 354 g/mol. The number of imidazole rings is 1. The topological polar surface area (TPSA) is 84.7 Å². The van der Waals surface area contributed by atoms with Crippen molar-refractivity contribution in [2.75, 3.05) is 32.6 Å². The Balaban J connectivity index is 2.25. The summed E-state index contributed by atoms with van der Waals surface area (Å²) in [6.07, 6.45) is 5.48. The molecule has 1 aromatic rings. The molecule has 2 heterocycles. The molecule has 0 aromatic carbocycles. The lowest BCUT2D eigenvalue weighted by molar-refractivity contribution is 0.0812. The summed E-state index contributed by atoms with van der Waals surface area (Å²) in [6, 6.07) is 0.135. The maximum absolute atomic E-state index is 12.8. The molecule has 0 bridgehead atoms. The number of aliphatic hydroxyl groups excluding tert-OH is 1. The van der Waals surface area contributed by atoms with Crippen molar-refractivity contribution in [3.8, 4) is 0 Å². The first-order chi connectivity index (χ1) is 12.4. The fraction of sp³-hybridized carbons (Fsp3) is 0.833. The third kappa shape index (κ3) is 5.52. The standard InChI is InChI=1S/C18H33N3O4S/c1-15(2)7-11-26(23,24)18-19-12-17(21(18)9-10-25-3)13-20-8-5-4-6-16(20)14-22/h12,15-16,22H,4-11,13-14H2,1-3H3. The van der Waals surface area contributed by atoms with Gasteiger partial charge in [-0.15, -0.1) is 0 Å². The van der Waals surface area contributed by atoms with Crippen LogP contribution >= 0.6 is 0 Å². The number of aromatic nitrogens is 2. The van der Waals surface area contributed by atoms with Gasteiger partial charge in [0.25, 0.3) is 0 Å². The second-order valence-corrected chi connectivity index (χ2v) is 9.48. The highest BCUT2D eigenvalue weighted by molar-refractivity contribution is 7.91. The van der Waals surface area contributed by atoms with Gasteiger partial charge >= 0.3 is 0 Å². The van der Waals surface area contributed by atoms with Gasteiger partial charge in [-0.2, -0.15) is 0 Å². The Labute approximate surface area is 157 Å². The molecule has 0 spiro atoms. The van der Waals surface area contributed by atoms with Crippen molar-refractivity contribution in [3.05, 3.63) is 11.9 Å². The van der Waals surface area contributed by atoms with Gasteiger partial charge in [-0.3, -0.25) is 4.90 Å². The molecule has 2 rings (SSSR count). The summed E-state index contributed by atoms with van der Waals surface area (Å²) in [5.74, 6) is 0.433. The molecule has 1 N–H and O–H groups in total. The zero-order valence-corrected chi connectivity index (χ0v) is 17.0. The van der Waals surface area contributed by atoms with Gasteiger partial charge in [0.15, 0.2) is 0 Å². The monoisotopic (exact) mass is 387 g/mol. The largest absolute Gasteiger partial charge is 0.395 e. The highest BCUT2D eigenvalue weighted by Crippen LogP contribution is 2.22. The van der Waals surface area contributed by atoms with E-state index < -0.39 is 9.84 Å². The van der Waals surface area contributed by atoms with Gasteiger partial charge in [-0.05, 0) is 31.7 Å². The van der Waals surface area contributed by atoms with Crippen LogP contribution in [-0.4, -0.2) is 66.6 Å². The molecule has 1 aliphatic heterocycles. The van der Waals surface area contributed by atoms with E-state index in [1.807, 2.05) is 13.8 Å². The Bertz CT molecular complexity index is 657. The lowest BCUT2D eigenvalue weighted by atomic mass is 10.0. The van der Waals surface area contributed by atoms with E-state index in [4.69, 9.17) is 4.74 Å². The average Bonchev–Trinajstić information content (AvgIpc) is 3.02. The number of likely N-dealkylation sites (tertiary alicyclic amines) is 1. The Morgan fingerprint density at radius 2 is 2.15 bits per heavy atom. The van der Waals surface area contributed by atoms with Crippen LogP contribution in [0.2, 0.25) is 0 Å². The summed E-state index contributed by atoms with van der Waals surface area (Å²) < 4.78 is 32.5. The summed E-state index contributed by atoms with van der Waals surface area (Å²) in [7, 11) is -1.82. The number of hydrogen-bond donors (Lipinski definition) is 1. The highest BCUT2D eigenvalue weighted by atomic mass is 32.2. The third-order valence-corrected chi connectivity index (χ3v) is 6.64. The fourth-order valence-corrected chi connectivity index (χ4v) is 5.08. The molecule has 0 amide bonds. The molecule has 1 saturated heterocycles. The van der Waals surface area contributed by atoms with E-state index in [9.17, 15) is 13.5 Å². The summed E-state index contributed by atoms with van der Waals surface area (Å²) in [5.41, 5.74) is 0.866. The van der Waals surface area contributed by atoms with Crippen molar-refractivity contribution < 1.29 is 18.3 Å². The average molecular weight is 388 g/mol. The fourth-order valence-electron chi connectivity index (χ4n) is 3.35. The molecule has 150 valence electrons. The summed E-state index contributed by atoms with van der Waals surface area (Å²) in [5, 5.41) is 9.77. The van der Waals surface area contributed by atoms with E-state index in [1.54, 1.807) is 17.9 Å². The van der Waals surface area contributed by atoms with Crippen LogP contribution in [0.15, 0.2) is 11.4 Å². The van der Waals surface area contributed by atoms with Crippen LogP contribution in [0.5, 0.6) is 0 Å². The van der Waals surface area contributed by atoms with E-state index in [0.29, 0.717) is 32.0 Å². The van der Waals surface area contributed by atoms with Crippen molar-refractivity contribution in [3.63, 3.8) is 0 Å². The Hall–Kier alpha value is -0.960. The first-order valence-electron chi connectivity index (χ1n) is 9.50. The number of ether oxygens (including phenoxy) is 1. The first kappa shape index (κ1) is 21.3. The van der Waals surface area contributed by atoms with E-state index in [1.165, 1.54) is 0 Å². The summed E-state index contributed by atoms with van der Waals surface area (Å²) in [6.45, 7) is 6.57. The van der Waals surface area contributed by atoms with Gasteiger partial charge < -0.3 is 14.4 Å². The Morgan fingerprint density at radius 3 is 2.81 bits per heavy atom. The molecule has 1 aliphatic rings. The smallest absolute Gasteiger partial charge is 0.227 e. The second-order valence-electron chi connectivity index (χ2n) is 7.48. The predicted molar refractivity (Wildman–Crippen MR) is 101 cm³/mol. The molecule has 1 unspecified atom stereocenters. The van der Waals surface area contributed by atoms with Crippen LogP contribution in [0.1, 0.15) is 45.2 Å². The molecule has 0 radical (unpaired) electrons. The molecule has 7 nitrogen and oxygen atoms in total. The van der Waals surface area contributed by atoms with Crippen LogP contribution in [0, 0.1) is 5.92 Å². The minimum Gasteiger partial charge on any atom is -0.395 e. The first-order valence-corrected chi connectivity index (χ1v) is 11.1. The van der Waals surface area contributed by atoms with Crippen molar-refractivity contribution in [1.29, 1.82) is 0 Å². The highest BCUT2D eigenvalue weighted by Gasteiger charge is 2.27. The molecule has 0 saturated carbocycles. The number of methoxy groups -OCH3 is 1. The van der Waals surface area contributed by atoms with Gasteiger partial charge in [0, 0.05) is 26.2 Å². The molecule has 1 aromatic heterocycles. The molecule has 26 heavy (non-hydrogen) atoms. The van der Waals surface area contributed by atoms with Crippen LogP contribution in [0.3, 0.4) is 0 Å². The minimum absolute atomic E-state index is 0.108. The molecule has 1 atom stereocenters. The van der Waals surface area contributed by atoms with Gasteiger partial charge in [-0.25, -0.2) is 13.4 Å². The van der Waals surface area contributed by atoms with Crippen LogP contribution < -0.4 is 0 Å². The maximum Gasteiger partial charge on any atom is 0.227 e. The maximum atomic E-state index is 12.8. The number of rotatable bonds is 10. The summed E-state index contributed by atoms with van der Waals surface area (Å²) in [4.78, 5) is 6.50. The SMILES string of the molecule is COCCn1c(CN2CCCCC2CO)cnc1S(=O)(=O)CCC(C)C. The number of piperidine rings is 1. The van der Waals surface area contributed by atoms with Gasteiger partial charge in [-0.1, -0.05) is 20.3 Å². The summed E-state index contributed by atoms with van der Waals surface area (Å²) >= 11 is 0. The number of hydrogen-bond acceptors (Lipinski definition) is 6. The third-order valence-electron chi connectivity index (χ3n) is 4.99. The van der Waals surface area contributed by atoms with Gasteiger partial charge in [0.1, 0.15) is 0 Å². The normalized spacial score (nSPS) is 19.3. The Kier molecular flexibility index (Phi) is 8.06. The molecule has 0 aliphatic carbocycles. The predicted octanol–water partition coefficient (Wildman–Crippen LogP) is 1.70. The Morgan fingerprint density at radius 1 is 1.38 bits per heavy atom. The van der Waals surface area contributed by atoms with Crippen LogP contribution in [0.4, 0.5) is 0 Å². The second kappa shape index (κ2) is 9.82. The van der Waals surface area contributed by atoms with Crippen molar-refractivity contribution in [2.24, 2.45) is 5.92 Å². The van der Waals surface area contributed by atoms with Crippen molar-refractivity contribution in [2.45, 2.75) is 63.8 Å². The van der Waals surface area contributed by atoms with Crippen molar-refractivity contribution >= 4 is 9.84 Å². The van der Waals surface area contributed by atoms with Gasteiger partial charge in [0.05, 0.1) is 30.9 Å². The lowest BCUT2D eigenvalue weighted by Crippen LogP contribution is -2.41. The van der Waals surface area contributed by atoms with Gasteiger partial charge in [0.2, 0.25) is 15.0 Å². The van der Waals surface area contributed by atoms with Crippen LogP contribution in [-0.2, 0) is 27.7 Å². The number of nitrogens with zero attached hydrogens (tertiary/aromatic N) is 3. The molecule has 1 fully saturated rings. The van der Waals surface area contributed by atoms with Crippen LogP contribution in [0.25, 0.3) is 0 Å². The molecule has 8 heteroatoms. The molecular formula is C18H33N3O4S. The quantitative estimate of drug-likeness (QED) is 0.658. The zero-order valence-electron chi connectivity index (χ0n) is 16.2. The van der Waals surface area contributed by atoms with E-state index in [2.05, 4.69) is 9.88 Å². The number of aliphatic hydroxyl groups is 1. The minimum atomic E-state index is -3.43. The van der Waals surface area contributed by atoms with Crippen molar-refractivity contribution in [1.82, 2.24) is 14.5 Å².